The molecular weight excluding hydrogens is 334 g/mol. The van der Waals surface area contributed by atoms with Crippen LogP contribution in [-0.4, -0.2) is 24.6 Å². The largest absolute Gasteiger partial charge is 0.355 e. The third-order valence-corrected chi connectivity index (χ3v) is 4.82. The smallest absolute Gasteiger partial charge is 0.253 e. The molecule has 2 amide bonds. The summed E-state index contributed by atoms with van der Waals surface area (Å²) in [6, 6.07) is 13.1. The van der Waals surface area contributed by atoms with E-state index in [9.17, 15) is 9.59 Å². The summed E-state index contributed by atoms with van der Waals surface area (Å²) in [4.78, 5) is 25.1. The molecule has 2 heterocycles. The monoisotopic (exact) mass is 347 g/mol. The minimum absolute atomic E-state index is 0.185. The molecule has 23 heavy (non-hydrogen) atoms. The van der Waals surface area contributed by atoms with E-state index in [1.165, 1.54) is 17.6 Å². The van der Waals surface area contributed by atoms with E-state index in [0.29, 0.717) is 10.9 Å². The van der Waals surface area contributed by atoms with Gasteiger partial charge in [-0.25, -0.2) is 5.43 Å². The zero-order valence-electron chi connectivity index (χ0n) is 12.0. The molecule has 2 aromatic rings. The predicted molar refractivity (Wildman–Crippen MR) is 90.7 cm³/mol. The van der Waals surface area contributed by atoms with Gasteiger partial charge in [-0.1, -0.05) is 41.9 Å². The van der Waals surface area contributed by atoms with Gasteiger partial charge in [0.1, 0.15) is 5.92 Å². The molecule has 1 aromatic carbocycles. The van der Waals surface area contributed by atoms with Crippen molar-refractivity contribution in [2.45, 2.75) is 5.92 Å². The first-order valence-corrected chi connectivity index (χ1v) is 8.25. The summed E-state index contributed by atoms with van der Waals surface area (Å²) in [5, 5.41) is 6.65. The number of hydrazone groups is 1. The molecule has 7 heteroatoms. The Bertz CT molecular complexity index is 745. The number of carbonyl (C=O) groups excluding carboxylic acids is 2. The Morgan fingerprint density at radius 1 is 1.30 bits per heavy atom. The van der Waals surface area contributed by atoms with Crippen LogP contribution in [0.5, 0.6) is 0 Å². The Morgan fingerprint density at radius 3 is 2.78 bits per heavy atom. The predicted octanol–water partition coefficient (Wildman–Crippen LogP) is 2.38. The average Bonchev–Trinajstić information content (AvgIpc) is 3.14. The summed E-state index contributed by atoms with van der Waals surface area (Å²) in [6.07, 6.45) is 1.51. The van der Waals surface area contributed by atoms with E-state index >= 15 is 0 Å². The third-order valence-electron chi connectivity index (χ3n) is 3.65. The Morgan fingerprint density at radius 2 is 2.09 bits per heavy atom. The lowest BCUT2D eigenvalue weighted by Crippen LogP contribution is -2.34. The number of rotatable bonds is 4. The van der Waals surface area contributed by atoms with Gasteiger partial charge in [0, 0.05) is 17.3 Å². The lowest BCUT2D eigenvalue weighted by Gasteiger charge is -2.15. The Balaban J connectivity index is 1.69. The van der Waals surface area contributed by atoms with E-state index in [-0.39, 0.29) is 11.8 Å². The van der Waals surface area contributed by atoms with Crippen molar-refractivity contribution >= 4 is 41.0 Å². The Hall–Kier alpha value is -2.18. The van der Waals surface area contributed by atoms with Crippen LogP contribution in [-0.2, 0) is 9.59 Å². The van der Waals surface area contributed by atoms with Gasteiger partial charge in [0.15, 0.2) is 0 Å². The van der Waals surface area contributed by atoms with Crippen LogP contribution in [0.25, 0.3) is 0 Å². The number of thiophene rings is 1. The number of amides is 2. The fraction of sp³-hybridized carbons (Fsp3) is 0.188. The second-order valence-electron chi connectivity index (χ2n) is 5.12. The molecule has 1 aliphatic heterocycles. The molecule has 0 unspecified atom stereocenters. The topological polar surface area (TPSA) is 70.6 Å². The van der Waals surface area contributed by atoms with Gasteiger partial charge < -0.3 is 5.32 Å². The van der Waals surface area contributed by atoms with Crippen LogP contribution in [0.4, 0.5) is 0 Å². The highest BCUT2D eigenvalue weighted by molar-refractivity contribution is 7.17. The van der Waals surface area contributed by atoms with Gasteiger partial charge in [-0.3, -0.25) is 9.59 Å². The zero-order chi connectivity index (χ0) is 16.2. The Kier molecular flexibility index (Phi) is 4.73. The number of nitrogens with one attached hydrogen (secondary N) is 2. The number of nitrogens with zero attached hydrogens (tertiary/aromatic N) is 1. The fourth-order valence-corrected chi connectivity index (χ4v) is 3.49. The number of hydrogen-bond acceptors (Lipinski definition) is 4. The summed E-state index contributed by atoms with van der Waals surface area (Å²) < 4.78 is 0.650. The second kappa shape index (κ2) is 6.93. The van der Waals surface area contributed by atoms with Crippen LogP contribution in [0.15, 0.2) is 47.6 Å². The molecule has 3 rings (SSSR count). The van der Waals surface area contributed by atoms with Crippen molar-refractivity contribution in [2.75, 3.05) is 6.54 Å². The molecule has 1 aliphatic rings. The molecule has 0 aliphatic carbocycles. The molecule has 1 fully saturated rings. The van der Waals surface area contributed by atoms with Crippen molar-refractivity contribution in [1.29, 1.82) is 0 Å². The van der Waals surface area contributed by atoms with Crippen molar-refractivity contribution in [2.24, 2.45) is 11.0 Å². The second-order valence-corrected chi connectivity index (χ2v) is 6.86. The maximum absolute atomic E-state index is 12.3. The van der Waals surface area contributed by atoms with Gasteiger partial charge in [-0.15, -0.1) is 11.3 Å². The van der Waals surface area contributed by atoms with Crippen molar-refractivity contribution in [1.82, 2.24) is 10.7 Å². The van der Waals surface area contributed by atoms with Crippen molar-refractivity contribution in [3.63, 3.8) is 0 Å². The van der Waals surface area contributed by atoms with Crippen LogP contribution < -0.4 is 10.7 Å². The summed E-state index contributed by atoms with van der Waals surface area (Å²) in [6.45, 7) is 0.450. The summed E-state index contributed by atoms with van der Waals surface area (Å²) >= 11 is 7.18. The maximum Gasteiger partial charge on any atom is 0.253 e. The van der Waals surface area contributed by atoms with E-state index in [1.54, 1.807) is 12.1 Å². The first kappa shape index (κ1) is 15.7. The number of benzene rings is 1. The molecular formula is C16H14ClN3O2S. The van der Waals surface area contributed by atoms with E-state index < -0.39 is 11.8 Å². The number of halogens is 1. The molecule has 5 nitrogen and oxygen atoms in total. The molecule has 2 atom stereocenters. The SMILES string of the molecule is O=C1NC[C@H](c2ccccc2)[C@H]1C(=O)N/N=C\c1ccc(Cl)s1. The molecule has 2 N–H and O–H groups in total. The fourth-order valence-electron chi connectivity index (χ4n) is 2.56. The van der Waals surface area contributed by atoms with E-state index in [4.69, 9.17) is 11.6 Å². The standard InChI is InChI=1S/C16H14ClN3O2S/c17-13-7-6-11(23-13)8-19-20-16(22)14-12(9-18-15(14)21)10-4-2-1-3-5-10/h1-8,12,14H,9H2,(H,18,21)(H,20,22)/b19-8-/t12-,14-/m1/s1. The first-order valence-electron chi connectivity index (χ1n) is 7.06. The minimum Gasteiger partial charge on any atom is -0.355 e. The molecule has 0 saturated carbocycles. The van der Waals surface area contributed by atoms with Gasteiger partial charge in [0.25, 0.3) is 5.91 Å². The average molecular weight is 348 g/mol. The van der Waals surface area contributed by atoms with E-state index in [1.807, 2.05) is 30.3 Å². The van der Waals surface area contributed by atoms with Gasteiger partial charge in [-0.05, 0) is 17.7 Å². The molecule has 1 saturated heterocycles. The highest BCUT2D eigenvalue weighted by atomic mass is 35.5. The highest BCUT2D eigenvalue weighted by Crippen LogP contribution is 2.29. The normalized spacial score (nSPS) is 20.7. The van der Waals surface area contributed by atoms with Crippen LogP contribution in [0.1, 0.15) is 16.4 Å². The maximum atomic E-state index is 12.3. The first-order chi connectivity index (χ1) is 11.1. The van der Waals surface area contributed by atoms with Crippen LogP contribution >= 0.6 is 22.9 Å². The van der Waals surface area contributed by atoms with Crippen molar-refractivity contribution < 1.29 is 9.59 Å². The minimum atomic E-state index is -0.776. The summed E-state index contributed by atoms with van der Waals surface area (Å²) in [7, 11) is 0. The molecule has 0 bridgehead atoms. The van der Waals surface area contributed by atoms with Gasteiger partial charge in [0.05, 0.1) is 10.6 Å². The van der Waals surface area contributed by atoms with E-state index in [0.717, 1.165) is 10.4 Å². The molecule has 1 aromatic heterocycles. The van der Waals surface area contributed by atoms with Gasteiger partial charge in [0.2, 0.25) is 5.91 Å². The van der Waals surface area contributed by atoms with Crippen molar-refractivity contribution in [3.8, 4) is 0 Å². The number of hydrogen-bond donors (Lipinski definition) is 2. The molecule has 118 valence electrons. The van der Waals surface area contributed by atoms with Crippen LogP contribution in [0.2, 0.25) is 4.34 Å². The Labute approximate surface area is 142 Å². The molecule has 0 spiro atoms. The third kappa shape index (κ3) is 3.60. The van der Waals surface area contributed by atoms with Crippen LogP contribution in [0, 0.1) is 5.92 Å². The van der Waals surface area contributed by atoms with Crippen molar-refractivity contribution in [3.05, 3.63) is 57.2 Å². The molecule has 0 radical (unpaired) electrons. The lowest BCUT2D eigenvalue weighted by atomic mass is 9.88. The van der Waals surface area contributed by atoms with E-state index in [2.05, 4.69) is 15.8 Å². The number of carbonyl (C=O) groups is 2. The van der Waals surface area contributed by atoms with Gasteiger partial charge >= 0.3 is 0 Å². The van der Waals surface area contributed by atoms with Crippen LogP contribution in [0.3, 0.4) is 0 Å². The highest BCUT2D eigenvalue weighted by Gasteiger charge is 2.40. The lowest BCUT2D eigenvalue weighted by molar-refractivity contribution is -0.133. The zero-order valence-corrected chi connectivity index (χ0v) is 13.6. The van der Waals surface area contributed by atoms with Gasteiger partial charge in [-0.2, -0.15) is 5.10 Å². The summed E-state index contributed by atoms with van der Waals surface area (Å²) in [5.41, 5.74) is 3.40. The summed E-state index contributed by atoms with van der Waals surface area (Å²) in [5.74, 6) is -1.64. The quantitative estimate of drug-likeness (QED) is 0.506.